The van der Waals surface area contributed by atoms with Crippen LogP contribution in [0.5, 0.6) is 0 Å². The minimum atomic E-state index is -3.88. The zero-order valence-electron chi connectivity index (χ0n) is 13.6. The summed E-state index contributed by atoms with van der Waals surface area (Å²) in [6.45, 7) is -0.303. The Labute approximate surface area is 138 Å². The second-order valence-electron chi connectivity index (χ2n) is 5.32. The fourth-order valence-corrected chi connectivity index (χ4v) is 2.95. The number of nitrogens with one attached hydrogen (secondary N) is 1. The fraction of sp³-hybridized carbons (Fsp3) is 0.538. The molecule has 0 saturated carbocycles. The standard InChI is InChI=1S/C13H23N3O5S2/c1-15(2)22(17,18)14-13(10-12-8-6-5-7-9-12)11-21-23(19,20)16(3)4/h5-9,13-14H,10-11H2,1-4H3/t13-/m0/s1. The first kappa shape index (κ1) is 20.0. The molecule has 0 fully saturated rings. The van der Waals surface area contributed by atoms with E-state index in [2.05, 4.69) is 4.72 Å². The van der Waals surface area contributed by atoms with E-state index in [1.165, 1.54) is 28.2 Å². The average molecular weight is 365 g/mol. The SMILES string of the molecule is CN(C)S(=O)(=O)N[C@H](COS(=O)(=O)N(C)C)Cc1ccccc1. The molecule has 0 aromatic heterocycles. The van der Waals surface area contributed by atoms with Gasteiger partial charge >= 0.3 is 10.3 Å². The van der Waals surface area contributed by atoms with E-state index < -0.39 is 26.6 Å². The van der Waals surface area contributed by atoms with E-state index in [0.717, 1.165) is 14.2 Å². The molecule has 0 aliphatic rings. The maximum absolute atomic E-state index is 12.0. The van der Waals surface area contributed by atoms with E-state index in [4.69, 9.17) is 4.18 Å². The second kappa shape index (κ2) is 8.18. The summed E-state index contributed by atoms with van der Waals surface area (Å²) in [5.74, 6) is 0. The van der Waals surface area contributed by atoms with Gasteiger partial charge in [0.05, 0.1) is 12.6 Å². The van der Waals surface area contributed by atoms with Crippen molar-refractivity contribution in [2.24, 2.45) is 0 Å². The Balaban J connectivity index is 2.89. The van der Waals surface area contributed by atoms with Gasteiger partial charge in [0.1, 0.15) is 0 Å². The molecular weight excluding hydrogens is 342 g/mol. The van der Waals surface area contributed by atoms with Crippen LogP contribution in [0.25, 0.3) is 0 Å². The molecule has 0 bridgehead atoms. The van der Waals surface area contributed by atoms with E-state index >= 15 is 0 Å². The third-order valence-electron chi connectivity index (χ3n) is 2.99. The van der Waals surface area contributed by atoms with Crippen LogP contribution in [-0.4, -0.2) is 66.3 Å². The minimum Gasteiger partial charge on any atom is -0.256 e. The van der Waals surface area contributed by atoms with Crippen molar-refractivity contribution >= 4 is 20.5 Å². The summed E-state index contributed by atoms with van der Waals surface area (Å²) in [5.41, 5.74) is 0.866. The van der Waals surface area contributed by atoms with Crippen LogP contribution in [0.15, 0.2) is 30.3 Å². The minimum absolute atomic E-state index is 0.302. The molecule has 0 unspecified atom stereocenters. The zero-order valence-corrected chi connectivity index (χ0v) is 15.3. The monoisotopic (exact) mass is 365 g/mol. The first-order valence-corrected chi connectivity index (χ1v) is 9.65. The van der Waals surface area contributed by atoms with Crippen LogP contribution < -0.4 is 4.72 Å². The Kier molecular flexibility index (Phi) is 7.11. The summed E-state index contributed by atoms with van der Waals surface area (Å²) in [5, 5.41) is 0. The molecule has 0 aliphatic carbocycles. The van der Waals surface area contributed by atoms with Crippen molar-refractivity contribution in [3.63, 3.8) is 0 Å². The van der Waals surface area contributed by atoms with Gasteiger partial charge < -0.3 is 0 Å². The Morgan fingerprint density at radius 1 is 1.00 bits per heavy atom. The average Bonchev–Trinajstić information content (AvgIpc) is 2.45. The molecule has 8 nitrogen and oxygen atoms in total. The lowest BCUT2D eigenvalue weighted by Gasteiger charge is -2.22. The quantitative estimate of drug-likeness (QED) is 0.655. The molecule has 0 spiro atoms. The smallest absolute Gasteiger partial charge is 0.256 e. The summed E-state index contributed by atoms with van der Waals surface area (Å²) in [4.78, 5) is 0. The summed E-state index contributed by atoms with van der Waals surface area (Å²) in [7, 11) is -2.13. The molecule has 0 heterocycles. The summed E-state index contributed by atoms with van der Waals surface area (Å²) < 4.78 is 56.7. The molecule has 0 radical (unpaired) electrons. The third kappa shape index (κ3) is 6.53. The molecule has 0 aliphatic heterocycles. The summed E-state index contributed by atoms with van der Waals surface area (Å²) >= 11 is 0. The molecule has 1 aromatic rings. The van der Waals surface area contributed by atoms with Gasteiger partial charge in [-0.2, -0.15) is 30.2 Å². The lowest BCUT2D eigenvalue weighted by Crippen LogP contribution is -2.46. The van der Waals surface area contributed by atoms with Crippen molar-refractivity contribution in [2.75, 3.05) is 34.8 Å². The largest absolute Gasteiger partial charge is 0.337 e. The number of rotatable bonds is 9. The number of benzene rings is 1. The van der Waals surface area contributed by atoms with Gasteiger partial charge in [-0.25, -0.2) is 0 Å². The number of nitrogens with zero attached hydrogens (tertiary/aromatic N) is 2. The normalized spacial score (nSPS) is 14.3. The van der Waals surface area contributed by atoms with Crippen LogP contribution in [0.4, 0.5) is 0 Å². The van der Waals surface area contributed by atoms with Crippen LogP contribution in [0.3, 0.4) is 0 Å². The molecule has 1 atom stereocenters. The van der Waals surface area contributed by atoms with Crippen molar-refractivity contribution < 1.29 is 21.0 Å². The lowest BCUT2D eigenvalue weighted by molar-refractivity contribution is 0.258. The molecule has 23 heavy (non-hydrogen) atoms. The van der Waals surface area contributed by atoms with Gasteiger partial charge in [0.15, 0.2) is 0 Å². The molecule has 0 saturated heterocycles. The van der Waals surface area contributed by atoms with Crippen molar-refractivity contribution in [3.8, 4) is 0 Å². The van der Waals surface area contributed by atoms with Crippen molar-refractivity contribution in [1.29, 1.82) is 0 Å². The Morgan fingerprint density at radius 2 is 1.57 bits per heavy atom. The molecule has 1 aromatic carbocycles. The zero-order chi connectivity index (χ0) is 17.7. The number of hydrogen-bond acceptors (Lipinski definition) is 5. The topological polar surface area (TPSA) is 96.0 Å². The first-order chi connectivity index (χ1) is 10.5. The third-order valence-corrected chi connectivity index (χ3v) is 5.91. The molecule has 10 heteroatoms. The molecule has 0 amide bonds. The van der Waals surface area contributed by atoms with Crippen molar-refractivity contribution in [2.45, 2.75) is 12.5 Å². The maximum Gasteiger partial charge on any atom is 0.337 e. The first-order valence-electron chi connectivity index (χ1n) is 6.85. The van der Waals surface area contributed by atoms with Gasteiger partial charge in [-0.05, 0) is 12.0 Å². The van der Waals surface area contributed by atoms with E-state index in [9.17, 15) is 16.8 Å². The Bertz CT molecular complexity index is 688. The van der Waals surface area contributed by atoms with Gasteiger partial charge in [0, 0.05) is 28.2 Å². The Hall–Kier alpha value is -1.04. The van der Waals surface area contributed by atoms with Crippen LogP contribution in [0.1, 0.15) is 5.56 Å². The molecule has 1 N–H and O–H groups in total. The van der Waals surface area contributed by atoms with Crippen LogP contribution in [-0.2, 0) is 31.1 Å². The van der Waals surface area contributed by atoms with Gasteiger partial charge in [0.25, 0.3) is 10.2 Å². The van der Waals surface area contributed by atoms with E-state index in [0.29, 0.717) is 6.42 Å². The highest BCUT2D eigenvalue weighted by Crippen LogP contribution is 2.07. The highest BCUT2D eigenvalue weighted by Gasteiger charge is 2.23. The van der Waals surface area contributed by atoms with E-state index in [1.54, 1.807) is 0 Å². The maximum atomic E-state index is 12.0. The molecule has 132 valence electrons. The van der Waals surface area contributed by atoms with Crippen molar-refractivity contribution in [3.05, 3.63) is 35.9 Å². The number of hydrogen-bond donors (Lipinski definition) is 1. The summed E-state index contributed by atoms with van der Waals surface area (Å²) in [6.07, 6.45) is 0.302. The highest BCUT2D eigenvalue weighted by molar-refractivity contribution is 7.87. The van der Waals surface area contributed by atoms with E-state index in [-0.39, 0.29) is 6.61 Å². The van der Waals surface area contributed by atoms with Crippen molar-refractivity contribution in [1.82, 2.24) is 13.3 Å². The lowest BCUT2D eigenvalue weighted by atomic mass is 10.1. The van der Waals surface area contributed by atoms with Crippen LogP contribution >= 0.6 is 0 Å². The fourth-order valence-electron chi connectivity index (χ4n) is 1.62. The van der Waals surface area contributed by atoms with Crippen LogP contribution in [0, 0.1) is 0 Å². The van der Waals surface area contributed by atoms with Gasteiger partial charge in [-0.15, -0.1) is 0 Å². The van der Waals surface area contributed by atoms with Gasteiger partial charge in [0.2, 0.25) is 0 Å². The summed E-state index contributed by atoms with van der Waals surface area (Å²) in [6, 6.07) is 8.43. The highest BCUT2D eigenvalue weighted by atomic mass is 32.2. The molecule has 1 rings (SSSR count). The Morgan fingerprint density at radius 3 is 2.04 bits per heavy atom. The second-order valence-corrected chi connectivity index (χ2v) is 9.05. The van der Waals surface area contributed by atoms with Gasteiger partial charge in [-0.3, -0.25) is 4.18 Å². The predicted octanol–water partition coefficient (Wildman–Crippen LogP) is -0.183. The predicted molar refractivity (Wildman–Crippen MR) is 88.2 cm³/mol. The van der Waals surface area contributed by atoms with Crippen LogP contribution in [0.2, 0.25) is 0 Å². The van der Waals surface area contributed by atoms with Gasteiger partial charge in [-0.1, -0.05) is 30.3 Å². The van der Waals surface area contributed by atoms with E-state index in [1.807, 2.05) is 30.3 Å². The molecular formula is C13H23N3O5S2.